The van der Waals surface area contributed by atoms with Crippen LogP contribution in [0.15, 0.2) is 60.9 Å². The number of anilines is 1. The number of para-hydroxylation sites is 1. The number of amides is 2. The van der Waals surface area contributed by atoms with Gasteiger partial charge in [-0.1, -0.05) is 36.4 Å². The van der Waals surface area contributed by atoms with E-state index in [0.717, 1.165) is 29.7 Å². The Kier molecular flexibility index (Phi) is 3.79. The maximum absolute atomic E-state index is 13.4. The summed E-state index contributed by atoms with van der Waals surface area (Å²) in [7, 11) is 0. The average molecular weight is 372 g/mol. The molecule has 5 rings (SSSR count). The molecule has 2 N–H and O–H groups in total. The van der Waals surface area contributed by atoms with E-state index in [1.54, 1.807) is 12.4 Å². The number of benzene rings is 2. The SMILES string of the molecule is O=C(c1ccccc1-c1ncc[nH]1)N1CCC[C@@]2(C1)C(=O)Nc1ccccc12. The molecule has 1 fully saturated rings. The number of hydrogen-bond acceptors (Lipinski definition) is 3. The third-order valence-corrected chi connectivity index (χ3v) is 5.82. The zero-order chi connectivity index (χ0) is 19.1. The monoisotopic (exact) mass is 372 g/mol. The van der Waals surface area contributed by atoms with Crippen molar-refractivity contribution in [3.8, 4) is 11.4 Å². The van der Waals surface area contributed by atoms with Crippen LogP contribution in [0.25, 0.3) is 11.4 Å². The summed E-state index contributed by atoms with van der Waals surface area (Å²) in [5.41, 5.74) is 2.56. The first-order chi connectivity index (χ1) is 13.7. The summed E-state index contributed by atoms with van der Waals surface area (Å²) in [5, 5.41) is 3.00. The number of H-pyrrole nitrogens is 1. The van der Waals surface area contributed by atoms with Crippen LogP contribution in [-0.2, 0) is 10.2 Å². The standard InChI is InChI=1S/C22H20N4O2/c27-20(16-7-2-1-6-15(16)19-23-11-12-24-19)26-13-5-10-22(14-26)17-8-3-4-9-18(17)25-21(22)28/h1-4,6-9,11-12H,5,10,13-14H2,(H,23,24)(H,25,28)/t22-/m0/s1. The van der Waals surface area contributed by atoms with Gasteiger partial charge in [0, 0.05) is 36.7 Å². The van der Waals surface area contributed by atoms with Gasteiger partial charge in [0.25, 0.3) is 5.91 Å². The van der Waals surface area contributed by atoms with Crippen molar-refractivity contribution in [1.82, 2.24) is 14.9 Å². The molecule has 2 aromatic carbocycles. The van der Waals surface area contributed by atoms with Crippen molar-refractivity contribution >= 4 is 17.5 Å². The summed E-state index contributed by atoms with van der Waals surface area (Å²) in [5.74, 6) is 0.591. The van der Waals surface area contributed by atoms with Crippen LogP contribution in [0.1, 0.15) is 28.8 Å². The predicted molar refractivity (Wildman–Crippen MR) is 106 cm³/mol. The lowest BCUT2D eigenvalue weighted by Crippen LogP contribution is -2.51. The molecule has 2 amide bonds. The van der Waals surface area contributed by atoms with Crippen LogP contribution >= 0.6 is 0 Å². The number of piperidine rings is 1. The molecule has 2 aliphatic heterocycles. The van der Waals surface area contributed by atoms with Crippen LogP contribution in [0.5, 0.6) is 0 Å². The van der Waals surface area contributed by atoms with Gasteiger partial charge in [-0.3, -0.25) is 9.59 Å². The lowest BCUT2D eigenvalue weighted by molar-refractivity contribution is -0.122. The summed E-state index contributed by atoms with van der Waals surface area (Å²) >= 11 is 0. The molecule has 3 aromatic rings. The van der Waals surface area contributed by atoms with Gasteiger partial charge in [0.2, 0.25) is 5.91 Å². The Morgan fingerprint density at radius 1 is 1.11 bits per heavy atom. The fourth-order valence-electron chi connectivity index (χ4n) is 4.47. The Labute approximate surface area is 162 Å². The summed E-state index contributed by atoms with van der Waals surface area (Å²) in [6.07, 6.45) is 4.95. The minimum absolute atomic E-state index is 0.00878. The van der Waals surface area contributed by atoms with Gasteiger partial charge >= 0.3 is 0 Å². The Bertz CT molecular complexity index is 1060. The fourth-order valence-corrected chi connectivity index (χ4v) is 4.47. The van der Waals surface area contributed by atoms with E-state index >= 15 is 0 Å². The van der Waals surface area contributed by atoms with Crippen molar-refractivity contribution in [2.75, 3.05) is 18.4 Å². The van der Waals surface area contributed by atoms with Gasteiger partial charge < -0.3 is 15.2 Å². The van der Waals surface area contributed by atoms with Gasteiger partial charge in [-0.15, -0.1) is 0 Å². The minimum Gasteiger partial charge on any atom is -0.345 e. The third kappa shape index (κ3) is 2.45. The highest BCUT2D eigenvalue weighted by atomic mass is 16.2. The second-order valence-electron chi connectivity index (χ2n) is 7.40. The van der Waals surface area contributed by atoms with E-state index in [1.807, 2.05) is 53.4 Å². The molecule has 140 valence electrons. The molecule has 1 atom stereocenters. The molecule has 28 heavy (non-hydrogen) atoms. The molecule has 0 unspecified atom stereocenters. The van der Waals surface area contributed by atoms with Crippen molar-refractivity contribution in [2.45, 2.75) is 18.3 Å². The number of hydrogen-bond donors (Lipinski definition) is 2. The first kappa shape index (κ1) is 16.7. The van der Waals surface area contributed by atoms with Crippen LogP contribution in [0.2, 0.25) is 0 Å². The molecule has 2 aliphatic rings. The summed E-state index contributed by atoms with van der Waals surface area (Å²) in [6, 6.07) is 15.3. The number of aromatic amines is 1. The molecule has 3 heterocycles. The van der Waals surface area contributed by atoms with Gasteiger partial charge in [0.1, 0.15) is 5.82 Å². The predicted octanol–water partition coefficient (Wildman–Crippen LogP) is 3.20. The Hall–Kier alpha value is -3.41. The van der Waals surface area contributed by atoms with Gasteiger partial charge in [-0.05, 0) is 30.5 Å². The summed E-state index contributed by atoms with van der Waals surface area (Å²) < 4.78 is 0. The lowest BCUT2D eigenvalue weighted by Gasteiger charge is -2.39. The topological polar surface area (TPSA) is 78.1 Å². The van der Waals surface area contributed by atoms with Crippen molar-refractivity contribution in [2.24, 2.45) is 0 Å². The zero-order valence-electron chi connectivity index (χ0n) is 15.3. The number of aromatic nitrogens is 2. The largest absolute Gasteiger partial charge is 0.345 e. The van der Waals surface area contributed by atoms with Crippen LogP contribution in [0.4, 0.5) is 5.69 Å². The normalized spacial score (nSPS) is 20.9. The molecular formula is C22H20N4O2. The lowest BCUT2D eigenvalue weighted by atomic mass is 9.75. The van der Waals surface area contributed by atoms with Crippen molar-refractivity contribution in [3.63, 3.8) is 0 Å². The zero-order valence-corrected chi connectivity index (χ0v) is 15.3. The molecule has 0 radical (unpaired) electrons. The van der Waals surface area contributed by atoms with Crippen LogP contribution in [0.3, 0.4) is 0 Å². The van der Waals surface area contributed by atoms with Crippen LogP contribution < -0.4 is 5.32 Å². The number of imidazole rings is 1. The molecule has 1 saturated heterocycles. The molecule has 1 aromatic heterocycles. The molecule has 0 saturated carbocycles. The van der Waals surface area contributed by atoms with E-state index in [4.69, 9.17) is 0 Å². The van der Waals surface area contributed by atoms with Gasteiger partial charge in [0.05, 0.1) is 11.0 Å². The highest BCUT2D eigenvalue weighted by Gasteiger charge is 2.50. The van der Waals surface area contributed by atoms with Crippen molar-refractivity contribution in [3.05, 3.63) is 72.1 Å². The Morgan fingerprint density at radius 3 is 2.79 bits per heavy atom. The minimum atomic E-state index is -0.663. The Balaban J connectivity index is 1.51. The van der Waals surface area contributed by atoms with E-state index in [9.17, 15) is 9.59 Å². The van der Waals surface area contributed by atoms with E-state index in [2.05, 4.69) is 15.3 Å². The maximum Gasteiger partial charge on any atom is 0.254 e. The summed E-state index contributed by atoms with van der Waals surface area (Å²) in [4.78, 5) is 35.5. The van der Waals surface area contributed by atoms with E-state index in [1.165, 1.54) is 0 Å². The molecule has 0 aliphatic carbocycles. The Morgan fingerprint density at radius 2 is 1.93 bits per heavy atom. The van der Waals surface area contributed by atoms with Crippen LogP contribution in [-0.4, -0.2) is 39.8 Å². The smallest absolute Gasteiger partial charge is 0.254 e. The van der Waals surface area contributed by atoms with Gasteiger partial charge in [-0.25, -0.2) is 4.98 Å². The number of nitrogens with one attached hydrogen (secondary N) is 2. The maximum atomic E-state index is 13.4. The van der Waals surface area contributed by atoms with Crippen molar-refractivity contribution in [1.29, 1.82) is 0 Å². The van der Waals surface area contributed by atoms with E-state index < -0.39 is 5.41 Å². The summed E-state index contributed by atoms with van der Waals surface area (Å²) in [6.45, 7) is 1.03. The highest BCUT2D eigenvalue weighted by Crippen LogP contribution is 2.44. The molecule has 0 bridgehead atoms. The van der Waals surface area contributed by atoms with Crippen molar-refractivity contribution < 1.29 is 9.59 Å². The molecule has 6 heteroatoms. The van der Waals surface area contributed by atoms with Crippen LogP contribution in [0, 0.1) is 0 Å². The highest BCUT2D eigenvalue weighted by molar-refractivity contribution is 6.07. The number of carbonyl (C=O) groups excluding carboxylic acids is 2. The van der Waals surface area contributed by atoms with Gasteiger partial charge in [0.15, 0.2) is 0 Å². The number of carbonyl (C=O) groups is 2. The number of likely N-dealkylation sites (tertiary alicyclic amines) is 1. The first-order valence-corrected chi connectivity index (χ1v) is 9.48. The second kappa shape index (κ2) is 6.34. The fraction of sp³-hybridized carbons (Fsp3) is 0.227. The quantitative estimate of drug-likeness (QED) is 0.725. The third-order valence-electron chi connectivity index (χ3n) is 5.82. The molecule has 6 nitrogen and oxygen atoms in total. The second-order valence-corrected chi connectivity index (χ2v) is 7.40. The average Bonchev–Trinajstić information content (AvgIpc) is 3.36. The van der Waals surface area contributed by atoms with Gasteiger partial charge in [-0.2, -0.15) is 0 Å². The molecular weight excluding hydrogens is 352 g/mol. The number of fused-ring (bicyclic) bond motifs is 2. The van der Waals surface area contributed by atoms with E-state index in [0.29, 0.717) is 24.5 Å². The van der Waals surface area contributed by atoms with E-state index in [-0.39, 0.29) is 11.8 Å². The number of nitrogens with zero attached hydrogens (tertiary/aromatic N) is 2. The number of rotatable bonds is 2. The molecule has 1 spiro atoms. The first-order valence-electron chi connectivity index (χ1n) is 9.48.